The van der Waals surface area contributed by atoms with Crippen molar-refractivity contribution in [3.63, 3.8) is 0 Å². The number of rotatable bonds is 9. The number of urea groups is 1. The van der Waals surface area contributed by atoms with Gasteiger partial charge in [-0.3, -0.25) is 19.5 Å². The smallest absolute Gasteiger partial charge is 0.321 e. The highest BCUT2D eigenvalue weighted by atomic mass is 32.2. The molecule has 8 nitrogen and oxygen atoms in total. The van der Waals surface area contributed by atoms with Gasteiger partial charge < -0.3 is 10.2 Å². The number of nitrogens with one attached hydrogen (secondary N) is 2. The Labute approximate surface area is 168 Å². The lowest BCUT2D eigenvalue weighted by molar-refractivity contribution is -0.117. The minimum absolute atomic E-state index is 0.00571. The maximum atomic E-state index is 13.0. The molecule has 9 heteroatoms. The molecule has 0 atom stereocenters. The normalized spacial score (nSPS) is 11.0. The Morgan fingerprint density at radius 1 is 1.21 bits per heavy atom. The van der Waals surface area contributed by atoms with Crippen LogP contribution < -0.4 is 16.2 Å². The molecular formula is C19H27N5O3S. The fraction of sp³-hybridized carbons (Fsp3) is 0.474. The van der Waals surface area contributed by atoms with E-state index in [1.54, 1.807) is 16.7 Å². The summed E-state index contributed by atoms with van der Waals surface area (Å²) in [6.45, 7) is 7.55. The second kappa shape index (κ2) is 10.8. The Hall–Kier alpha value is -2.39. The van der Waals surface area contributed by atoms with Crippen molar-refractivity contribution in [2.75, 3.05) is 32.4 Å². The summed E-state index contributed by atoms with van der Waals surface area (Å²) in [4.78, 5) is 43.0. The van der Waals surface area contributed by atoms with E-state index in [-0.39, 0.29) is 11.3 Å². The van der Waals surface area contributed by atoms with Gasteiger partial charge in [0, 0.05) is 13.6 Å². The Balaban J connectivity index is 2.22. The average molecular weight is 406 g/mol. The standard InChI is InChI=1S/C19H27N5O3S/c1-4-23(5-2)11-8-12-24-17(26)14-9-6-7-10-15(14)21-19(24)28-13-16(25)22-18(27)20-3/h6-7,9-10H,4-5,8,11-13H2,1-3H3,(H2,20,22,25,27). The van der Waals surface area contributed by atoms with E-state index in [1.165, 1.54) is 7.05 Å². The first kappa shape index (κ1) is 21.9. The number of carbonyl (C=O) groups is 2. The van der Waals surface area contributed by atoms with E-state index in [0.717, 1.165) is 37.8 Å². The number of para-hydroxylation sites is 1. The van der Waals surface area contributed by atoms with Crippen molar-refractivity contribution in [3.8, 4) is 0 Å². The van der Waals surface area contributed by atoms with Crippen molar-refractivity contribution >= 4 is 34.6 Å². The predicted octanol–water partition coefficient (Wildman–Crippen LogP) is 1.68. The maximum Gasteiger partial charge on any atom is 0.321 e. The number of hydrogen-bond acceptors (Lipinski definition) is 6. The first-order chi connectivity index (χ1) is 13.5. The lowest BCUT2D eigenvalue weighted by Gasteiger charge is -2.19. The molecule has 0 saturated carbocycles. The van der Waals surface area contributed by atoms with Gasteiger partial charge in [-0.2, -0.15) is 0 Å². The average Bonchev–Trinajstić information content (AvgIpc) is 2.71. The number of fused-ring (bicyclic) bond motifs is 1. The number of benzene rings is 1. The van der Waals surface area contributed by atoms with E-state index >= 15 is 0 Å². The van der Waals surface area contributed by atoms with E-state index in [4.69, 9.17) is 0 Å². The number of aromatic nitrogens is 2. The summed E-state index contributed by atoms with van der Waals surface area (Å²) in [5, 5.41) is 5.59. The van der Waals surface area contributed by atoms with E-state index in [9.17, 15) is 14.4 Å². The number of nitrogens with zero attached hydrogens (tertiary/aromatic N) is 3. The summed E-state index contributed by atoms with van der Waals surface area (Å²) < 4.78 is 1.63. The van der Waals surface area contributed by atoms with Crippen LogP contribution in [-0.2, 0) is 11.3 Å². The monoisotopic (exact) mass is 405 g/mol. The van der Waals surface area contributed by atoms with Gasteiger partial charge in [0.15, 0.2) is 5.16 Å². The molecule has 1 heterocycles. The highest BCUT2D eigenvalue weighted by Crippen LogP contribution is 2.18. The number of thioether (sulfide) groups is 1. The van der Waals surface area contributed by atoms with Gasteiger partial charge in [0.25, 0.3) is 5.56 Å². The van der Waals surface area contributed by atoms with Crippen molar-refractivity contribution in [2.45, 2.75) is 32.0 Å². The van der Waals surface area contributed by atoms with Crippen LogP contribution in [0.15, 0.2) is 34.2 Å². The summed E-state index contributed by atoms with van der Waals surface area (Å²) in [5.41, 5.74) is 0.487. The SMILES string of the molecule is CCN(CC)CCCn1c(SCC(=O)NC(=O)NC)nc2ccccc2c1=O. The van der Waals surface area contributed by atoms with Gasteiger partial charge in [-0.25, -0.2) is 9.78 Å². The molecular weight excluding hydrogens is 378 g/mol. The number of amides is 3. The molecule has 0 saturated heterocycles. The van der Waals surface area contributed by atoms with Crippen LogP contribution in [0.1, 0.15) is 20.3 Å². The fourth-order valence-corrected chi connectivity index (χ4v) is 3.63. The van der Waals surface area contributed by atoms with Gasteiger partial charge in [0.1, 0.15) is 0 Å². The molecule has 0 spiro atoms. The fourth-order valence-electron chi connectivity index (χ4n) is 2.80. The van der Waals surface area contributed by atoms with Crippen LogP contribution in [0.3, 0.4) is 0 Å². The van der Waals surface area contributed by atoms with E-state index in [2.05, 4.69) is 34.4 Å². The molecule has 2 N–H and O–H groups in total. The molecule has 152 valence electrons. The van der Waals surface area contributed by atoms with Gasteiger partial charge >= 0.3 is 6.03 Å². The zero-order valence-corrected chi connectivity index (χ0v) is 17.3. The Morgan fingerprint density at radius 2 is 1.93 bits per heavy atom. The molecule has 0 aliphatic carbocycles. The molecule has 1 aromatic heterocycles. The van der Waals surface area contributed by atoms with Crippen LogP contribution in [0.2, 0.25) is 0 Å². The topological polar surface area (TPSA) is 96.3 Å². The lowest BCUT2D eigenvalue weighted by Crippen LogP contribution is -2.38. The second-order valence-corrected chi connectivity index (χ2v) is 7.11. The third-order valence-electron chi connectivity index (χ3n) is 4.39. The largest absolute Gasteiger partial charge is 0.341 e. The van der Waals surface area contributed by atoms with Crippen LogP contribution in [0.4, 0.5) is 4.79 Å². The maximum absolute atomic E-state index is 13.0. The van der Waals surface area contributed by atoms with Gasteiger partial charge in [-0.15, -0.1) is 0 Å². The zero-order valence-electron chi connectivity index (χ0n) is 16.5. The lowest BCUT2D eigenvalue weighted by atomic mass is 10.2. The molecule has 0 fully saturated rings. The molecule has 0 radical (unpaired) electrons. The zero-order chi connectivity index (χ0) is 20.5. The van der Waals surface area contributed by atoms with Crippen molar-refractivity contribution in [3.05, 3.63) is 34.6 Å². The van der Waals surface area contributed by atoms with Crippen molar-refractivity contribution in [1.29, 1.82) is 0 Å². The second-order valence-electron chi connectivity index (χ2n) is 6.16. The molecule has 2 aromatic rings. The van der Waals surface area contributed by atoms with Crippen molar-refractivity contribution in [1.82, 2.24) is 25.1 Å². The minimum Gasteiger partial charge on any atom is -0.341 e. The van der Waals surface area contributed by atoms with Crippen molar-refractivity contribution in [2.24, 2.45) is 0 Å². The van der Waals surface area contributed by atoms with Gasteiger partial charge in [-0.1, -0.05) is 37.7 Å². The summed E-state index contributed by atoms with van der Waals surface area (Å²) in [7, 11) is 1.44. The quantitative estimate of drug-likeness (QED) is 0.487. The number of imide groups is 1. The summed E-state index contributed by atoms with van der Waals surface area (Å²) in [6.07, 6.45) is 0.805. The molecule has 0 aliphatic heterocycles. The molecule has 2 rings (SSSR count). The Kier molecular flexibility index (Phi) is 8.46. The van der Waals surface area contributed by atoms with Crippen LogP contribution in [0.5, 0.6) is 0 Å². The van der Waals surface area contributed by atoms with Crippen LogP contribution in [0.25, 0.3) is 10.9 Å². The summed E-state index contributed by atoms with van der Waals surface area (Å²) in [6, 6.07) is 6.62. The molecule has 28 heavy (non-hydrogen) atoms. The Morgan fingerprint density at radius 3 is 2.61 bits per heavy atom. The van der Waals surface area contributed by atoms with E-state index in [1.807, 2.05) is 12.1 Å². The van der Waals surface area contributed by atoms with Gasteiger partial charge in [-0.05, 0) is 38.2 Å². The van der Waals surface area contributed by atoms with Gasteiger partial charge in [0.2, 0.25) is 5.91 Å². The predicted molar refractivity (Wildman–Crippen MR) is 112 cm³/mol. The first-order valence-electron chi connectivity index (χ1n) is 9.36. The van der Waals surface area contributed by atoms with Crippen LogP contribution >= 0.6 is 11.8 Å². The highest BCUT2D eigenvalue weighted by molar-refractivity contribution is 7.99. The molecule has 3 amide bonds. The first-order valence-corrected chi connectivity index (χ1v) is 10.3. The van der Waals surface area contributed by atoms with E-state index in [0.29, 0.717) is 22.6 Å². The number of hydrogen-bond donors (Lipinski definition) is 2. The van der Waals surface area contributed by atoms with Crippen LogP contribution in [-0.4, -0.2) is 58.8 Å². The Bertz CT molecular complexity index is 879. The van der Waals surface area contributed by atoms with E-state index < -0.39 is 11.9 Å². The molecule has 0 bridgehead atoms. The van der Waals surface area contributed by atoms with Crippen LogP contribution in [0, 0.1) is 0 Å². The highest BCUT2D eigenvalue weighted by Gasteiger charge is 2.14. The third kappa shape index (κ3) is 5.80. The molecule has 0 unspecified atom stereocenters. The third-order valence-corrected chi connectivity index (χ3v) is 5.37. The number of carbonyl (C=O) groups excluding carboxylic acids is 2. The summed E-state index contributed by atoms with van der Waals surface area (Å²) in [5.74, 6) is -0.449. The molecule has 1 aromatic carbocycles. The van der Waals surface area contributed by atoms with Gasteiger partial charge in [0.05, 0.1) is 16.7 Å². The minimum atomic E-state index is -0.561. The molecule has 0 aliphatic rings. The van der Waals surface area contributed by atoms with Crippen molar-refractivity contribution < 1.29 is 9.59 Å². The summed E-state index contributed by atoms with van der Waals surface area (Å²) >= 11 is 1.15.